The number of H-pyrrole nitrogens is 1. The third-order valence-electron chi connectivity index (χ3n) is 4.58. The van der Waals surface area contributed by atoms with E-state index in [1.54, 1.807) is 30.7 Å². The van der Waals surface area contributed by atoms with Crippen molar-refractivity contribution in [2.75, 3.05) is 5.32 Å². The van der Waals surface area contributed by atoms with Gasteiger partial charge in [-0.3, -0.25) is 14.8 Å². The van der Waals surface area contributed by atoms with E-state index in [0.29, 0.717) is 11.4 Å². The Balaban J connectivity index is 1.54. The number of benzene rings is 1. The molecule has 4 rings (SSSR count). The molecular weight excluding hydrogens is 372 g/mol. The monoisotopic (exact) mass is 390 g/mol. The predicted octanol–water partition coefficient (Wildman–Crippen LogP) is 5.24. The second-order valence-corrected chi connectivity index (χ2v) is 6.96. The fourth-order valence-electron chi connectivity index (χ4n) is 3.29. The van der Waals surface area contributed by atoms with Gasteiger partial charge in [0.2, 0.25) is 5.91 Å². The summed E-state index contributed by atoms with van der Waals surface area (Å²) in [4.78, 5) is 24.1. The first-order valence-electron chi connectivity index (χ1n) is 9.12. The van der Waals surface area contributed by atoms with E-state index >= 15 is 0 Å². The molecule has 3 heterocycles. The number of pyridine rings is 2. The summed E-state index contributed by atoms with van der Waals surface area (Å²) in [6, 6.07) is 15.2. The zero-order chi connectivity index (χ0) is 19.3. The summed E-state index contributed by atoms with van der Waals surface area (Å²) in [7, 11) is 0. The maximum Gasteiger partial charge on any atom is 0.224 e. The van der Waals surface area contributed by atoms with Crippen molar-refractivity contribution >= 4 is 34.1 Å². The molecule has 0 spiro atoms. The van der Waals surface area contributed by atoms with Crippen molar-refractivity contribution in [3.05, 3.63) is 77.7 Å². The molecule has 5 nitrogen and oxygen atoms in total. The highest BCUT2D eigenvalue weighted by molar-refractivity contribution is 6.31. The minimum absolute atomic E-state index is 0.0107. The van der Waals surface area contributed by atoms with E-state index in [1.165, 1.54) is 0 Å². The Hall–Kier alpha value is -3.18. The molecule has 4 aromatic rings. The second kappa shape index (κ2) is 8.23. The van der Waals surface area contributed by atoms with Gasteiger partial charge < -0.3 is 10.3 Å². The molecule has 0 aliphatic heterocycles. The molecule has 1 amide bonds. The molecule has 0 aliphatic carbocycles. The highest BCUT2D eigenvalue weighted by Crippen LogP contribution is 2.32. The lowest BCUT2D eigenvalue weighted by Crippen LogP contribution is -2.11. The topological polar surface area (TPSA) is 70.7 Å². The van der Waals surface area contributed by atoms with Crippen LogP contribution < -0.4 is 5.32 Å². The molecule has 0 atom stereocenters. The number of carbonyl (C=O) groups is 1. The number of carbonyl (C=O) groups excluding carboxylic acids is 1. The van der Waals surface area contributed by atoms with E-state index in [9.17, 15) is 4.79 Å². The number of aryl methyl sites for hydroxylation is 1. The summed E-state index contributed by atoms with van der Waals surface area (Å²) in [6.45, 7) is 0. The van der Waals surface area contributed by atoms with Crippen LogP contribution >= 0.6 is 11.6 Å². The molecule has 1 aromatic carbocycles. The first kappa shape index (κ1) is 18.2. The van der Waals surface area contributed by atoms with Crippen molar-refractivity contribution in [2.24, 2.45) is 0 Å². The summed E-state index contributed by atoms with van der Waals surface area (Å²) < 4.78 is 0. The number of aromatic nitrogens is 3. The molecule has 0 fully saturated rings. The lowest BCUT2D eigenvalue weighted by Gasteiger charge is -2.06. The first-order valence-corrected chi connectivity index (χ1v) is 9.50. The number of amides is 1. The normalized spacial score (nSPS) is 10.9. The molecule has 2 N–H and O–H groups in total. The van der Waals surface area contributed by atoms with Gasteiger partial charge in [0.05, 0.1) is 11.4 Å². The van der Waals surface area contributed by atoms with Crippen LogP contribution in [0.4, 0.5) is 5.69 Å². The summed E-state index contributed by atoms with van der Waals surface area (Å²) >= 11 is 6.22. The fourth-order valence-corrected chi connectivity index (χ4v) is 3.47. The molecule has 140 valence electrons. The molecule has 0 aliphatic rings. The Kier molecular flexibility index (Phi) is 5.35. The van der Waals surface area contributed by atoms with Crippen LogP contribution in [0.5, 0.6) is 0 Å². The van der Waals surface area contributed by atoms with Crippen LogP contribution in [0, 0.1) is 0 Å². The van der Waals surface area contributed by atoms with E-state index < -0.39 is 0 Å². The Morgan fingerprint density at radius 3 is 2.71 bits per heavy atom. The van der Waals surface area contributed by atoms with Crippen LogP contribution in [-0.2, 0) is 11.2 Å². The van der Waals surface area contributed by atoms with Gasteiger partial charge in [0, 0.05) is 46.6 Å². The van der Waals surface area contributed by atoms with Gasteiger partial charge in [-0.05, 0) is 60.9 Å². The van der Waals surface area contributed by atoms with Crippen molar-refractivity contribution < 1.29 is 4.79 Å². The summed E-state index contributed by atoms with van der Waals surface area (Å²) in [6.07, 6.45) is 6.98. The average Bonchev–Trinajstić information content (AvgIpc) is 3.07. The lowest BCUT2D eigenvalue weighted by molar-refractivity contribution is -0.116. The molecule has 28 heavy (non-hydrogen) atoms. The predicted molar refractivity (Wildman–Crippen MR) is 112 cm³/mol. The Labute approximate surface area is 167 Å². The number of fused-ring (bicyclic) bond motifs is 1. The minimum atomic E-state index is -0.0107. The molecule has 0 radical (unpaired) electrons. The van der Waals surface area contributed by atoms with E-state index in [2.05, 4.69) is 20.3 Å². The van der Waals surface area contributed by atoms with Crippen molar-refractivity contribution in [3.8, 4) is 11.4 Å². The third-order valence-corrected chi connectivity index (χ3v) is 4.82. The molecule has 0 unspecified atom stereocenters. The fraction of sp³-hybridized carbons (Fsp3) is 0.136. The van der Waals surface area contributed by atoms with Crippen molar-refractivity contribution in [3.63, 3.8) is 0 Å². The third kappa shape index (κ3) is 4.05. The van der Waals surface area contributed by atoms with E-state index in [-0.39, 0.29) is 5.91 Å². The van der Waals surface area contributed by atoms with Crippen molar-refractivity contribution in [1.82, 2.24) is 15.0 Å². The van der Waals surface area contributed by atoms with E-state index in [4.69, 9.17) is 11.6 Å². The van der Waals surface area contributed by atoms with Crippen LogP contribution in [0.25, 0.3) is 22.3 Å². The molecule has 0 bridgehead atoms. The molecule has 0 saturated heterocycles. The van der Waals surface area contributed by atoms with Crippen LogP contribution in [0.2, 0.25) is 5.02 Å². The zero-order valence-electron chi connectivity index (χ0n) is 15.2. The number of halogens is 1. The van der Waals surface area contributed by atoms with Crippen molar-refractivity contribution in [2.45, 2.75) is 19.3 Å². The number of rotatable bonds is 6. The minimum Gasteiger partial charge on any atom is -0.353 e. The van der Waals surface area contributed by atoms with Crippen LogP contribution in [0.3, 0.4) is 0 Å². The molecular formula is C22H19ClN4O. The lowest BCUT2D eigenvalue weighted by atomic mass is 10.0. The molecule has 0 saturated carbocycles. The number of hydrogen-bond donors (Lipinski definition) is 2. The maximum absolute atomic E-state index is 12.2. The highest BCUT2D eigenvalue weighted by atomic mass is 35.5. The Bertz CT molecular complexity index is 1090. The quantitative estimate of drug-likeness (QED) is 0.473. The Morgan fingerprint density at radius 1 is 1.07 bits per heavy atom. The van der Waals surface area contributed by atoms with Crippen LogP contribution in [0.1, 0.15) is 18.4 Å². The molecule has 6 heteroatoms. The zero-order valence-corrected chi connectivity index (χ0v) is 15.9. The first-order chi connectivity index (χ1) is 13.7. The smallest absolute Gasteiger partial charge is 0.224 e. The van der Waals surface area contributed by atoms with Gasteiger partial charge in [-0.1, -0.05) is 17.7 Å². The number of hydrogen-bond acceptors (Lipinski definition) is 3. The maximum atomic E-state index is 12.2. The summed E-state index contributed by atoms with van der Waals surface area (Å²) in [5, 5.41) is 4.66. The largest absolute Gasteiger partial charge is 0.353 e. The number of nitrogens with zero attached hydrogens (tertiary/aromatic N) is 2. The van der Waals surface area contributed by atoms with Gasteiger partial charge in [-0.2, -0.15) is 0 Å². The van der Waals surface area contributed by atoms with Crippen molar-refractivity contribution in [1.29, 1.82) is 0 Å². The van der Waals surface area contributed by atoms with Gasteiger partial charge in [0.15, 0.2) is 0 Å². The van der Waals surface area contributed by atoms with Crippen LogP contribution in [0.15, 0.2) is 67.1 Å². The van der Waals surface area contributed by atoms with Gasteiger partial charge >= 0.3 is 0 Å². The second-order valence-electron chi connectivity index (χ2n) is 6.52. The van der Waals surface area contributed by atoms with Crippen LogP contribution in [-0.4, -0.2) is 20.9 Å². The van der Waals surface area contributed by atoms with E-state index in [0.717, 1.165) is 46.4 Å². The van der Waals surface area contributed by atoms with Gasteiger partial charge in [0.25, 0.3) is 0 Å². The SMILES string of the molecule is O=C(CCCc1c(-c2ccccn2)[nH]c2ccc(Cl)cc12)Nc1ccncc1. The highest BCUT2D eigenvalue weighted by Gasteiger charge is 2.15. The number of anilines is 1. The summed E-state index contributed by atoms with van der Waals surface area (Å²) in [5.74, 6) is -0.0107. The number of aromatic amines is 1. The van der Waals surface area contributed by atoms with Gasteiger partial charge in [-0.25, -0.2) is 0 Å². The standard InChI is InChI=1S/C22H19ClN4O/c23-15-7-8-19-18(14-15)17(22(27-19)20-5-1-2-11-25-20)4-3-6-21(28)26-16-9-12-24-13-10-16/h1-2,5,7-14,27H,3-4,6H2,(H,24,26,28). The molecule has 3 aromatic heterocycles. The average molecular weight is 391 g/mol. The van der Waals surface area contributed by atoms with Gasteiger partial charge in [0.1, 0.15) is 0 Å². The Morgan fingerprint density at radius 2 is 1.93 bits per heavy atom. The summed E-state index contributed by atoms with van der Waals surface area (Å²) in [5.41, 5.74) is 4.76. The number of nitrogens with one attached hydrogen (secondary N) is 2. The van der Waals surface area contributed by atoms with Gasteiger partial charge in [-0.15, -0.1) is 0 Å². The van der Waals surface area contributed by atoms with E-state index in [1.807, 2.05) is 36.4 Å².